The third kappa shape index (κ3) is 6.53. The number of nitrogens with two attached hydrogens (primary N) is 1. The van der Waals surface area contributed by atoms with Crippen LogP contribution < -0.4 is 10.5 Å². The van der Waals surface area contributed by atoms with Crippen molar-refractivity contribution in [1.29, 1.82) is 5.26 Å². The fraction of sp³-hybridized carbons (Fsp3) is 0.385. The van der Waals surface area contributed by atoms with Gasteiger partial charge in [-0.2, -0.15) is 5.26 Å². The number of hydrogen-bond acceptors (Lipinski definition) is 5. The Morgan fingerprint density at radius 1 is 1.15 bits per heavy atom. The molecule has 0 aliphatic carbocycles. The van der Waals surface area contributed by atoms with Crippen molar-refractivity contribution in [1.82, 2.24) is 4.57 Å². The van der Waals surface area contributed by atoms with Crippen molar-refractivity contribution >= 4 is 28.6 Å². The zero-order chi connectivity index (χ0) is 24.4. The van der Waals surface area contributed by atoms with Gasteiger partial charge in [0.05, 0.1) is 17.2 Å². The van der Waals surface area contributed by atoms with E-state index in [9.17, 15) is 9.90 Å². The Kier molecular flexibility index (Phi) is 7.11. The molecule has 0 spiro atoms. The summed E-state index contributed by atoms with van der Waals surface area (Å²) in [6, 6.07) is 15.5. The number of benzene rings is 2. The van der Waals surface area contributed by atoms with Crippen molar-refractivity contribution in [3.8, 4) is 11.8 Å². The van der Waals surface area contributed by atoms with Gasteiger partial charge in [-0.3, -0.25) is 4.79 Å². The molecule has 3 rings (SSSR count). The number of nitriles is 1. The normalized spacial score (nSPS) is 12.0. The van der Waals surface area contributed by atoms with E-state index >= 15 is 0 Å². The highest BCUT2D eigenvalue weighted by atomic mass is 32.2. The van der Waals surface area contributed by atoms with Crippen molar-refractivity contribution in [2.75, 3.05) is 6.61 Å². The lowest BCUT2D eigenvalue weighted by atomic mass is 10.0. The average molecular weight is 466 g/mol. The van der Waals surface area contributed by atoms with E-state index in [0.717, 1.165) is 27.1 Å². The van der Waals surface area contributed by atoms with Gasteiger partial charge in [0.25, 0.3) is 5.91 Å². The molecule has 3 N–H and O–H groups in total. The maximum absolute atomic E-state index is 11.2. The smallest absolute Gasteiger partial charge is 0.255 e. The number of amides is 1. The summed E-state index contributed by atoms with van der Waals surface area (Å²) in [4.78, 5) is 12.3. The fourth-order valence-electron chi connectivity index (χ4n) is 3.65. The largest absolute Gasteiger partial charge is 0.484 e. The summed E-state index contributed by atoms with van der Waals surface area (Å²) in [6.45, 7) is 10.5. The SMILES string of the molecule is CC(C)(O)Cc1c(SC(C)(C)C)c2cc(OCC(N)=O)ccc2n1Cc1ccc(C#N)cc1. The maximum Gasteiger partial charge on any atom is 0.255 e. The average Bonchev–Trinajstić information content (AvgIpc) is 2.96. The van der Waals surface area contributed by atoms with Crippen LogP contribution in [0.2, 0.25) is 0 Å². The molecular weight excluding hydrogens is 434 g/mol. The van der Waals surface area contributed by atoms with Gasteiger partial charge in [-0.05, 0) is 49.7 Å². The summed E-state index contributed by atoms with van der Waals surface area (Å²) in [5.74, 6) is 0.0443. The Hall–Kier alpha value is -2.95. The molecule has 0 atom stereocenters. The molecule has 2 aromatic carbocycles. The molecule has 0 radical (unpaired) electrons. The van der Waals surface area contributed by atoms with Crippen LogP contribution in [0, 0.1) is 11.3 Å². The number of aromatic nitrogens is 1. The Bertz CT molecular complexity index is 1190. The van der Waals surface area contributed by atoms with E-state index in [0.29, 0.717) is 24.3 Å². The van der Waals surface area contributed by atoms with Gasteiger partial charge < -0.3 is 20.1 Å². The number of aliphatic hydroxyl groups is 1. The van der Waals surface area contributed by atoms with E-state index in [4.69, 9.17) is 15.7 Å². The summed E-state index contributed by atoms with van der Waals surface area (Å²) >= 11 is 1.75. The number of ether oxygens (including phenoxy) is 1. The molecule has 174 valence electrons. The molecule has 0 aliphatic rings. The quantitative estimate of drug-likeness (QED) is 0.472. The molecule has 3 aromatic rings. The highest BCUT2D eigenvalue weighted by Crippen LogP contribution is 2.43. The molecule has 1 heterocycles. The van der Waals surface area contributed by atoms with Gasteiger partial charge in [0.2, 0.25) is 0 Å². The lowest BCUT2D eigenvalue weighted by molar-refractivity contribution is -0.119. The van der Waals surface area contributed by atoms with E-state index < -0.39 is 11.5 Å². The molecule has 6 nitrogen and oxygen atoms in total. The molecule has 33 heavy (non-hydrogen) atoms. The zero-order valence-corrected chi connectivity index (χ0v) is 20.6. The Labute approximate surface area is 199 Å². The molecule has 1 amide bonds. The maximum atomic E-state index is 11.2. The van der Waals surface area contributed by atoms with Gasteiger partial charge in [0, 0.05) is 39.2 Å². The van der Waals surface area contributed by atoms with E-state index in [2.05, 4.69) is 31.4 Å². The number of hydrogen-bond donors (Lipinski definition) is 2. The van der Waals surface area contributed by atoms with Gasteiger partial charge in [0.15, 0.2) is 6.61 Å². The van der Waals surface area contributed by atoms with Crippen LogP contribution >= 0.6 is 11.8 Å². The van der Waals surface area contributed by atoms with Crippen molar-refractivity contribution in [3.63, 3.8) is 0 Å². The molecule has 7 heteroatoms. The highest BCUT2D eigenvalue weighted by molar-refractivity contribution is 8.00. The summed E-state index contributed by atoms with van der Waals surface area (Å²) in [5, 5.41) is 20.9. The molecule has 0 aliphatic heterocycles. The van der Waals surface area contributed by atoms with Gasteiger partial charge in [0.1, 0.15) is 5.75 Å². The molecule has 0 unspecified atom stereocenters. The fourth-order valence-corrected chi connectivity index (χ4v) is 4.84. The van der Waals surface area contributed by atoms with Gasteiger partial charge in [-0.15, -0.1) is 11.8 Å². The topological polar surface area (TPSA) is 101 Å². The van der Waals surface area contributed by atoms with Crippen molar-refractivity contribution < 1.29 is 14.6 Å². The van der Waals surface area contributed by atoms with Crippen LogP contribution in [0.4, 0.5) is 0 Å². The van der Waals surface area contributed by atoms with Gasteiger partial charge in [-0.25, -0.2) is 0 Å². The summed E-state index contributed by atoms with van der Waals surface area (Å²) in [7, 11) is 0. The second-order valence-electron chi connectivity index (χ2n) is 9.81. The van der Waals surface area contributed by atoms with Crippen LogP contribution in [-0.4, -0.2) is 32.5 Å². The van der Waals surface area contributed by atoms with Crippen LogP contribution in [-0.2, 0) is 17.8 Å². The van der Waals surface area contributed by atoms with Gasteiger partial charge in [-0.1, -0.05) is 32.9 Å². The number of carbonyl (C=O) groups is 1. The number of thioether (sulfide) groups is 1. The highest BCUT2D eigenvalue weighted by Gasteiger charge is 2.27. The first-order valence-corrected chi connectivity index (χ1v) is 11.6. The first-order chi connectivity index (χ1) is 15.4. The van der Waals surface area contributed by atoms with Crippen molar-refractivity contribution in [3.05, 3.63) is 59.3 Å². The van der Waals surface area contributed by atoms with Crippen molar-refractivity contribution in [2.45, 2.75) is 62.8 Å². The number of carbonyl (C=O) groups excluding carboxylic acids is 1. The Morgan fingerprint density at radius 2 is 1.82 bits per heavy atom. The van der Waals surface area contributed by atoms with Crippen LogP contribution in [0.5, 0.6) is 5.75 Å². The predicted molar refractivity (Wildman–Crippen MR) is 132 cm³/mol. The lowest BCUT2D eigenvalue weighted by Crippen LogP contribution is -2.24. The summed E-state index contributed by atoms with van der Waals surface area (Å²) in [5.41, 5.74) is 8.07. The molecule has 0 bridgehead atoms. The van der Waals surface area contributed by atoms with Crippen LogP contribution in [0.25, 0.3) is 10.9 Å². The second-order valence-corrected chi connectivity index (χ2v) is 11.6. The predicted octanol–water partition coefficient (Wildman–Crippen LogP) is 4.63. The lowest BCUT2D eigenvalue weighted by Gasteiger charge is -2.23. The molecule has 0 fully saturated rings. The molecule has 0 saturated heterocycles. The van der Waals surface area contributed by atoms with Gasteiger partial charge >= 0.3 is 0 Å². The van der Waals surface area contributed by atoms with E-state index in [-0.39, 0.29) is 11.4 Å². The zero-order valence-electron chi connectivity index (χ0n) is 19.8. The number of nitrogens with zero attached hydrogens (tertiary/aromatic N) is 2. The second kappa shape index (κ2) is 9.50. The monoisotopic (exact) mass is 465 g/mol. The Balaban J connectivity index is 2.20. The van der Waals surface area contributed by atoms with Crippen LogP contribution in [0.15, 0.2) is 47.4 Å². The standard InChI is InChI=1S/C26H31N3O3S/c1-25(2,3)33-24-20-12-19(32-16-23(28)30)10-11-21(20)29(22(24)13-26(4,5)31)15-18-8-6-17(14-27)7-9-18/h6-12,31H,13,15-16H2,1-5H3,(H2,28,30). The number of fused-ring (bicyclic) bond motifs is 1. The Morgan fingerprint density at radius 3 is 2.36 bits per heavy atom. The third-order valence-electron chi connectivity index (χ3n) is 4.90. The minimum absolute atomic E-state index is 0.0635. The first-order valence-electron chi connectivity index (χ1n) is 10.8. The molecular formula is C26H31N3O3S. The van der Waals surface area contributed by atoms with E-state index in [1.54, 1.807) is 11.8 Å². The third-order valence-corrected chi connectivity index (χ3v) is 6.18. The van der Waals surface area contributed by atoms with Crippen LogP contribution in [0.1, 0.15) is 51.4 Å². The minimum atomic E-state index is -0.907. The molecule has 0 saturated carbocycles. The van der Waals surface area contributed by atoms with Crippen molar-refractivity contribution in [2.24, 2.45) is 5.73 Å². The number of rotatable bonds is 8. The van der Waals surface area contributed by atoms with E-state index in [1.165, 1.54) is 0 Å². The first kappa shape index (κ1) is 24.7. The molecule has 1 aromatic heterocycles. The number of primary amides is 1. The minimum Gasteiger partial charge on any atom is -0.484 e. The summed E-state index contributed by atoms with van der Waals surface area (Å²) < 4.78 is 7.74. The van der Waals surface area contributed by atoms with E-state index in [1.807, 2.05) is 56.3 Å². The summed E-state index contributed by atoms with van der Waals surface area (Å²) in [6.07, 6.45) is 0.466. The van der Waals surface area contributed by atoms with Crippen LogP contribution in [0.3, 0.4) is 0 Å².